The fourth-order valence-electron chi connectivity index (χ4n) is 3.82. The lowest BCUT2D eigenvalue weighted by Gasteiger charge is -2.09. The van der Waals surface area contributed by atoms with E-state index in [1.165, 1.54) is 83.5 Å². The first-order chi connectivity index (χ1) is 15.8. The van der Waals surface area contributed by atoms with Crippen LogP contribution in [0.2, 0.25) is 0 Å². The van der Waals surface area contributed by atoms with Crippen LogP contribution in [0.15, 0.2) is 24.3 Å². The third-order valence-electron chi connectivity index (χ3n) is 5.90. The second kappa shape index (κ2) is 21.3. The van der Waals surface area contributed by atoms with Crippen molar-refractivity contribution in [2.45, 2.75) is 117 Å². The Morgan fingerprint density at radius 1 is 0.688 bits per heavy atom. The van der Waals surface area contributed by atoms with E-state index in [1.807, 2.05) is 24.3 Å². The molecule has 0 saturated heterocycles. The van der Waals surface area contributed by atoms with Crippen LogP contribution in [0.5, 0.6) is 5.75 Å². The van der Waals surface area contributed by atoms with Gasteiger partial charge in [-0.05, 0) is 43.7 Å². The highest BCUT2D eigenvalue weighted by atomic mass is 16.5. The summed E-state index contributed by atoms with van der Waals surface area (Å²) in [5.74, 6) is 0.863. The molecule has 32 heavy (non-hydrogen) atoms. The van der Waals surface area contributed by atoms with Gasteiger partial charge in [0.15, 0.2) is 0 Å². The van der Waals surface area contributed by atoms with Crippen LogP contribution >= 0.6 is 0 Å². The molecule has 2 N–H and O–H groups in total. The predicted molar refractivity (Wildman–Crippen MR) is 139 cm³/mol. The maximum atomic E-state index is 12.1. The Hall–Kier alpha value is -1.55. The number of anilines is 1. The van der Waals surface area contributed by atoms with Crippen molar-refractivity contribution in [2.24, 2.45) is 0 Å². The Balaban J connectivity index is 1.87. The monoisotopic (exact) mass is 446 g/mol. The van der Waals surface area contributed by atoms with Crippen LogP contribution < -0.4 is 15.4 Å². The Morgan fingerprint density at radius 2 is 1.19 bits per heavy atom. The number of hydrogen-bond donors (Lipinski definition) is 2. The molecular weight excluding hydrogens is 396 g/mol. The van der Waals surface area contributed by atoms with Gasteiger partial charge in [0.1, 0.15) is 5.75 Å². The average Bonchev–Trinajstić information content (AvgIpc) is 2.80. The minimum Gasteiger partial charge on any atom is -0.494 e. The molecule has 0 unspecified atom stereocenters. The molecule has 4 nitrogen and oxygen atoms in total. The molecule has 0 fully saturated rings. The number of hydrogen-bond acceptors (Lipinski definition) is 3. The van der Waals surface area contributed by atoms with E-state index < -0.39 is 0 Å². The van der Waals surface area contributed by atoms with E-state index in [2.05, 4.69) is 24.5 Å². The van der Waals surface area contributed by atoms with Crippen molar-refractivity contribution in [3.05, 3.63) is 24.3 Å². The van der Waals surface area contributed by atoms with Crippen LogP contribution in [0.4, 0.5) is 5.69 Å². The first-order valence-corrected chi connectivity index (χ1v) is 13.5. The van der Waals surface area contributed by atoms with E-state index in [9.17, 15) is 4.79 Å². The molecule has 0 bridgehead atoms. The lowest BCUT2D eigenvalue weighted by molar-refractivity contribution is -0.115. The van der Waals surface area contributed by atoms with Crippen molar-refractivity contribution < 1.29 is 9.53 Å². The van der Waals surface area contributed by atoms with Gasteiger partial charge < -0.3 is 15.4 Å². The van der Waals surface area contributed by atoms with Gasteiger partial charge in [-0.1, -0.05) is 104 Å². The summed E-state index contributed by atoms with van der Waals surface area (Å²) in [4.78, 5) is 12.1. The molecule has 1 amide bonds. The van der Waals surface area contributed by atoms with Gasteiger partial charge in [0.2, 0.25) is 5.91 Å². The van der Waals surface area contributed by atoms with Gasteiger partial charge in [-0.2, -0.15) is 0 Å². The largest absolute Gasteiger partial charge is 0.494 e. The summed E-state index contributed by atoms with van der Waals surface area (Å²) in [6.45, 7) is 6.45. The van der Waals surface area contributed by atoms with E-state index in [0.717, 1.165) is 43.9 Å². The lowest BCUT2D eigenvalue weighted by Crippen LogP contribution is -2.28. The van der Waals surface area contributed by atoms with E-state index in [0.29, 0.717) is 6.54 Å². The van der Waals surface area contributed by atoms with Gasteiger partial charge in [-0.15, -0.1) is 0 Å². The molecule has 0 aliphatic rings. The molecule has 0 spiro atoms. The number of benzene rings is 1. The summed E-state index contributed by atoms with van der Waals surface area (Å²) in [5, 5.41) is 6.19. The number of ether oxygens (including phenoxy) is 1. The van der Waals surface area contributed by atoms with Crippen molar-refractivity contribution >= 4 is 11.6 Å². The Bertz CT molecular complexity index is 545. The molecule has 1 aromatic rings. The zero-order valence-electron chi connectivity index (χ0n) is 21.1. The van der Waals surface area contributed by atoms with E-state index in [4.69, 9.17) is 4.74 Å². The van der Waals surface area contributed by atoms with Gasteiger partial charge in [0.05, 0.1) is 13.2 Å². The second-order valence-electron chi connectivity index (χ2n) is 9.05. The number of carbonyl (C=O) groups excluding carboxylic acids is 1. The normalized spacial score (nSPS) is 10.9. The summed E-state index contributed by atoms with van der Waals surface area (Å²) in [7, 11) is 0. The summed E-state index contributed by atoms with van der Waals surface area (Å²) < 4.78 is 5.64. The van der Waals surface area contributed by atoms with Crippen LogP contribution in [0.25, 0.3) is 0 Å². The maximum absolute atomic E-state index is 12.1. The van der Waals surface area contributed by atoms with Gasteiger partial charge in [0.25, 0.3) is 0 Å². The molecule has 0 aliphatic heterocycles. The highest BCUT2D eigenvalue weighted by molar-refractivity contribution is 5.92. The molecule has 1 aromatic carbocycles. The fourth-order valence-corrected chi connectivity index (χ4v) is 3.82. The summed E-state index contributed by atoms with van der Waals surface area (Å²) in [6.07, 6.45) is 21.4. The van der Waals surface area contributed by atoms with Crippen molar-refractivity contribution in [1.82, 2.24) is 5.32 Å². The fraction of sp³-hybridized carbons (Fsp3) is 0.750. The Labute approximate surface area is 198 Å². The van der Waals surface area contributed by atoms with Crippen LogP contribution in [0.3, 0.4) is 0 Å². The smallest absolute Gasteiger partial charge is 0.238 e. The van der Waals surface area contributed by atoms with E-state index in [1.54, 1.807) is 0 Å². The predicted octanol–water partition coefficient (Wildman–Crippen LogP) is 7.87. The lowest BCUT2D eigenvalue weighted by atomic mass is 10.0. The van der Waals surface area contributed by atoms with Crippen LogP contribution in [-0.4, -0.2) is 25.6 Å². The molecule has 0 aromatic heterocycles. The van der Waals surface area contributed by atoms with Gasteiger partial charge >= 0.3 is 0 Å². The van der Waals surface area contributed by atoms with Gasteiger partial charge in [0, 0.05) is 5.69 Å². The number of amides is 1. The second-order valence-corrected chi connectivity index (χ2v) is 9.05. The first-order valence-electron chi connectivity index (χ1n) is 13.5. The molecule has 1 rings (SSSR count). The molecule has 0 saturated carbocycles. The molecular formula is C28H50N2O2. The van der Waals surface area contributed by atoms with Crippen LogP contribution in [0, 0.1) is 0 Å². The van der Waals surface area contributed by atoms with Gasteiger partial charge in [-0.25, -0.2) is 0 Å². The standard InChI is InChI=1S/C28H50N2O2/c1-3-5-7-8-9-10-11-12-13-14-15-16-17-18-23-29-25-28(31)30-26-19-21-27(22-20-26)32-24-6-4-2/h19-22,29H,3-18,23-25H2,1-2H3,(H,30,31). The Kier molecular flexibility index (Phi) is 19.0. The quantitative estimate of drug-likeness (QED) is 0.178. The van der Waals surface area contributed by atoms with Crippen molar-refractivity contribution in [2.75, 3.05) is 25.0 Å². The minimum absolute atomic E-state index is 0.00927. The van der Waals surface area contributed by atoms with E-state index >= 15 is 0 Å². The van der Waals surface area contributed by atoms with Crippen molar-refractivity contribution in [1.29, 1.82) is 0 Å². The zero-order valence-corrected chi connectivity index (χ0v) is 21.1. The van der Waals surface area contributed by atoms with Crippen molar-refractivity contribution in [3.63, 3.8) is 0 Å². The number of carbonyl (C=O) groups is 1. The molecule has 0 radical (unpaired) electrons. The highest BCUT2D eigenvalue weighted by Gasteiger charge is 2.02. The topological polar surface area (TPSA) is 50.4 Å². The minimum atomic E-state index is 0.00927. The average molecular weight is 447 g/mol. The molecule has 0 heterocycles. The van der Waals surface area contributed by atoms with Crippen molar-refractivity contribution in [3.8, 4) is 5.75 Å². The number of unbranched alkanes of at least 4 members (excludes halogenated alkanes) is 14. The zero-order chi connectivity index (χ0) is 23.1. The highest BCUT2D eigenvalue weighted by Crippen LogP contribution is 2.16. The summed E-state index contributed by atoms with van der Waals surface area (Å²) in [6, 6.07) is 7.61. The third kappa shape index (κ3) is 17.1. The van der Waals surface area contributed by atoms with E-state index in [-0.39, 0.29) is 5.91 Å². The molecule has 184 valence electrons. The van der Waals surface area contributed by atoms with Gasteiger partial charge in [-0.3, -0.25) is 4.79 Å². The first kappa shape index (κ1) is 28.5. The molecule has 0 atom stereocenters. The van der Waals surface area contributed by atoms with Crippen LogP contribution in [0.1, 0.15) is 117 Å². The number of rotatable bonds is 22. The number of nitrogens with one attached hydrogen (secondary N) is 2. The Morgan fingerprint density at radius 3 is 1.72 bits per heavy atom. The summed E-state index contributed by atoms with van der Waals surface area (Å²) in [5.41, 5.74) is 0.816. The molecule has 0 aliphatic carbocycles. The summed E-state index contributed by atoms with van der Waals surface area (Å²) >= 11 is 0. The SMILES string of the molecule is CCCCCCCCCCCCCCCCNCC(=O)Nc1ccc(OCCCC)cc1. The third-order valence-corrected chi connectivity index (χ3v) is 5.90. The maximum Gasteiger partial charge on any atom is 0.238 e. The van der Waals surface area contributed by atoms with Crippen LogP contribution in [-0.2, 0) is 4.79 Å². The molecule has 4 heteroatoms.